The van der Waals surface area contributed by atoms with E-state index in [0.29, 0.717) is 18.4 Å². The summed E-state index contributed by atoms with van der Waals surface area (Å²) in [7, 11) is 1.89. The third-order valence-corrected chi connectivity index (χ3v) is 5.11. The Bertz CT molecular complexity index is 382. The number of piperidine rings is 1. The van der Waals surface area contributed by atoms with Crippen molar-refractivity contribution in [3.63, 3.8) is 0 Å². The Hall–Kier alpha value is -1.26. The monoisotopic (exact) mass is 296 g/mol. The van der Waals surface area contributed by atoms with Crippen LogP contribution in [0.1, 0.15) is 45.4 Å². The molecular formula is C16H28N2O3. The quantitative estimate of drug-likeness (QED) is 0.848. The van der Waals surface area contributed by atoms with Crippen molar-refractivity contribution in [2.45, 2.75) is 45.4 Å². The molecule has 120 valence electrons. The molecule has 5 nitrogen and oxygen atoms in total. The lowest BCUT2D eigenvalue weighted by molar-refractivity contribution is -0.138. The van der Waals surface area contributed by atoms with E-state index in [1.165, 1.54) is 19.3 Å². The number of rotatable bonds is 5. The number of urea groups is 1. The van der Waals surface area contributed by atoms with E-state index in [-0.39, 0.29) is 18.4 Å². The standard InChI is InChI=1S/C16H28N2O3/c1-12(9-15(19)20)14-7-4-8-18(11-14)16(21)17(2)10-13-5-3-6-13/h12-14H,3-11H2,1-2H3,(H,19,20). The molecule has 0 radical (unpaired) electrons. The Morgan fingerprint density at radius 1 is 1.29 bits per heavy atom. The maximum atomic E-state index is 12.5. The Morgan fingerprint density at radius 3 is 2.57 bits per heavy atom. The van der Waals surface area contributed by atoms with E-state index in [2.05, 4.69) is 0 Å². The molecule has 2 amide bonds. The largest absolute Gasteiger partial charge is 0.481 e. The molecule has 0 bridgehead atoms. The molecule has 1 aliphatic carbocycles. The lowest BCUT2D eigenvalue weighted by atomic mass is 9.84. The van der Waals surface area contributed by atoms with Crippen molar-refractivity contribution < 1.29 is 14.7 Å². The molecule has 1 heterocycles. The highest BCUT2D eigenvalue weighted by molar-refractivity contribution is 5.74. The SMILES string of the molecule is CC(CC(=O)O)C1CCCN(C(=O)N(C)CC2CCC2)C1. The second kappa shape index (κ2) is 7.14. The number of carboxylic acids is 1. The van der Waals surface area contributed by atoms with Crippen molar-refractivity contribution in [1.29, 1.82) is 0 Å². The fraction of sp³-hybridized carbons (Fsp3) is 0.875. The second-order valence-corrected chi connectivity index (χ2v) is 6.88. The van der Waals surface area contributed by atoms with Gasteiger partial charge < -0.3 is 14.9 Å². The van der Waals surface area contributed by atoms with E-state index in [1.807, 2.05) is 23.8 Å². The van der Waals surface area contributed by atoms with Crippen LogP contribution in [0.3, 0.4) is 0 Å². The number of hydrogen-bond donors (Lipinski definition) is 1. The molecular weight excluding hydrogens is 268 g/mol. The minimum atomic E-state index is -0.743. The van der Waals surface area contributed by atoms with Gasteiger partial charge in [-0.25, -0.2) is 4.79 Å². The zero-order valence-corrected chi connectivity index (χ0v) is 13.3. The summed E-state index contributed by atoms with van der Waals surface area (Å²) in [6.45, 7) is 4.38. The average molecular weight is 296 g/mol. The maximum Gasteiger partial charge on any atom is 0.319 e. The number of nitrogens with zero attached hydrogens (tertiary/aromatic N) is 2. The second-order valence-electron chi connectivity index (χ2n) is 6.88. The van der Waals surface area contributed by atoms with Crippen LogP contribution in [-0.4, -0.2) is 53.6 Å². The first-order valence-electron chi connectivity index (χ1n) is 8.19. The number of likely N-dealkylation sites (tertiary alicyclic amines) is 1. The van der Waals surface area contributed by atoms with Crippen molar-refractivity contribution >= 4 is 12.0 Å². The smallest absolute Gasteiger partial charge is 0.319 e. The zero-order valence-electron chi connectivity index (χ0n) is 13.3. The molecule has 2 aliphatic rings. The highest BCUT2D eigenvalue weighted by Gasteiger charge is 2.30. The van der Waals surface area contributed by atoms with Gasteiger partial charge in [-0.1, -0.05) is 13.3 Å². The van der Waals surface area contributed by atoms with Gasteiger partial charge in [0.25, 0.3) is 0 Å². The molecule has 1 N–H and O–H groups in total. The van der Waals surface area contributed by atoms with Crippen LogP contribution in [0.25, 0.3) is 0 Å². The minimum Gasteiger partial charge on any atom is -0.481 e. The molecule has 0 aromatic rings. The van der Waals surface area contributed by atoms with E-state index in [4.69, 9.17) is 5.11 Å². The lowest BCUT2D eigenvalue weighted by Gasteiger charge is -2.39. The van der Waals surface area contributed by atoms with Crippen LogP contribution >= 0.6 is 0 Å². The molecule has 0 aromatic heterocycles. The Kier molecular flexibility index (Phi) is 5.48. The summed E-state index contributed by atoms with van der Waals surface area (Å²) in [6, 6.07) is 0.120. The van der Waals surface area contributed by atoms with Gasteiger partial charge in [0.2, 0.25) is 0 Å². The molecule has 1 saturated heterocycles. The van der Waals surface area contributed by atoms with Crippen LogP contribution in [0.5, 0.6) is 0 Å². The average Bonchev–Trinajstić information content (AvgIpc) is 2.41. The fourth-order valence-electron chi connectivity index (χ4n) is 3.47. The first-order valence-corrected chi connectivity index (χ1v) is 8.19. The van der Waals surface area contributed by atoms with Gasteiger partial charge in [0.1, 0.15) is 0 Å². The summed E-state index contributed by atoms with van der Waals surface area (Å²) in [5, 5.41) is 8.92. The topological polar surface area (TPSA) is 60.9 Å². The van der Waals surface area contributed by atoms with Crippen molar-refractivity contribution in [3.05, 3.63) is 0 Å². The zero-order chi connectivity index (χ0) is 15.4. The van der Waals surface area contributed by atoms with Crippen molar-refractivity contribution in [2.24, 2.45) is 17.8 Å². The number of carbonyl (C=O) groups is 2. The van der Waals surface area contributed by atoms with Crippen molar-refractivity contribution in [1.82, 2.24) is 9.80 Å². The van der Waals surface area contributed by atoms with Crippen molar-refractivity contribution in [3.8, 4) is 0 Å². The van der Waals surface area contributed by atoms with E-state index in [1.54, 1.807) is 0 Å². The van der Waals surface area contributed by atoms with Crippen LogP contribution < -0.4 is 0 Å². The van der Waals surface area contributed by atoms with E-state index in [9.17, 15) is 9.59 Å². The predicted molar refractivity (Wildman–Crippen MR) is 81.1 cm³/mol. The molecule has 2 rings (SSSR count). The van der Waals surface area contributed by atoms with Gasteiger partial charge in [-0.2, -0.15) is 0 Å². The van der Waals surface area contributed by atoms with Gasteiger partial charge in [0.15, 0.2) is 0 Å². The van der Waals surface area contributed by atoms with E-state index < -0.39 is 5.97 Å². The fourth-order valence-corrected chi connectivity index (χ4v) is 3.47. The normalized spacial score (nSPS) is 24.3. The number of aliphatic carboxylic acids is 1. The Balaban J connectivity index is 1.84. The molecule has 5 heteroatoms. The van der Waals surface area contributed by atoms with Crippen LogP contribution in [0, 0.1) is 17.8 Å². The lowest BCUT2D eigenvalue weighted by Crippen LogP contribution is -2.48. The highest BCUT2D eigenvalue weighted by atomic mass is 16.4. The van der Waals surface area contributed by atoms with Gasteiger partial charge in [-0.3, -0.25) is 4.79 Å². The molecule has 2 atom stereocenters. The summed E-state index contributed by atoms with van der Waals surface area (Å²) in [5.41, 5.74) is 0. The summed E-state index contributed by atoms with van der Waals surface area (Å²) < 4.78 is 0. The van der Waals surface area contributed by atoms with Crippen LogP contribution in [-0.2, 0) is 4.79 Å². The number of hydrogen-bond acceptors (Lipinski definition) is 2. The van der Waals surface area contributed by atoms with Gasteiger partial charge in [-0.15, -0.1) is 0 Å². The Labute approximate surface area is 127 Å². The molecule has 0 spiro atoms. The van der Waals surface area contributed by atoms with Gasteiger partial charge in [-0.05, 0) is 43.4 Å². The van der Waals surface area contributed by atoms with Crippen LogP contribution in [0.15, 0.2) is 0 Å². The molecule has 2 fully saturated rings. The third kappa shape index (κ3) is 4.35. The molecule has 1 saturated carbocycles. The minimum absolute atomic E-state index is 0.120. The number of amides is 2. The predicted octanol–water partition coefficient (Wildman–Crippen LogP) is 2.66. The number of carboxylic acid groups (broad SMARTS) is 1. The van der Waals surface area contributed by atoms with Crippen LogP contribution in [0.4, 0.5) is 4.79 Å². The highest BCUT2D eigenvalue weighted by Crippen LogP contribution is 2.29. The first kappa shape index (κ1) is 16.1. The third-order valence-electron chi connectivity index (χ3n) is 5.11. The summed E-state index contributed by atoms with van der Waals surface area (Å²) in [5.74, 6) is 0.393. The van der Waals surface area contributed by atoms with Gasteiger partial charge >= 0.3 is 12.0 Å². The van der Waals surface area contributed by atoms with Gasteiger partial charge in [0, 0.05) is 33.1 Å². The first-order chi connectivity index (χ1) is 9.97. The molecule has 21 heavy (non-hydrogen) atoms. The Morgan fingerprint density at radius 2 is 2.00 bits per heavy atom. The summed E-state index contributed by atoms with van der Waals surface area (Å²) in [4.78, 5) is 27.1. The van der Waals surface area contributed by atoms with Gasteiger partial charge in [0.05, 0.1) is 0 Å². The van der Waals surface area contributed by atoms with E-state index in [0.717, 1.165) is 25.9 Å². The van der Waals surface area contributed by atoms with E-state index >= 15 is 0 Å². The molecule has 0 aromatic carbocycles. The molecule has 2 unspecified atom stereocenters. The number of carbonyl (C=O) groups excluding carboxylic acids is 1. The maximum absolute atomic E-state index is 12.5. The summed E-state index contributed by atoms with van der Waals surface area (Å²) in [6.07, 6.45) is 6.00. The van der Waals surface area contributed by atoms with Crippen LogP contribution in [0.2, 0.25) is 0 Å². The van der Waals surface area contributed by atoms with Crippen molar-refractivity contribution in [2.75, 3.05) is 26.7 Å². The summed E-state index contributed by atoms with van der Waals surface area (Å²) >= 11 is 0. The molecule has 1 aliphatic heterocycles.